The van der Waals surface area contributed by atoms with E-state index < -0.39 is 0 Å². The van der Waals surface area contributed by atoms with E-state index in [0.29, 0.717) is 50.3 Å². The van der Waals surface area contributed by atoms with Gasteiger partial charge in [0.25, 0.3) is 5.91 Å². The molecule has 33 heavy (non-hydrogen) atoms. The first-order valence-corrected chi connectivity index (χ1v) is 11.7. The highest BCUT2D eigenvalue weighted by molar-refractivity contribution is 8.18. The van der Waals surface area contributed by atoms with E-state index in [2.05, 4.69) is 4.99 Å². The lowest BCUT2D eigenvalue weighted by Gasteiger charge is -2.12. The summed E-state index contributed by atoms with van der Waals surface area (Å²) < 4.78 is 19.0. The molecule has 0 aromatic heterocycles. The fraction of sp³-hybridized carbons (Fsp3) is 0.120. The van der Waals surface area contributed by atoms with Crippen molar-refractivity contribution < 1.29 is 13.9 Å². The molecule has 1 fully saturated rings. The second kappa shape index (κ2) is 10.4. The SMILES string of the molecule is CCN1C(=O)/C(=C\c2cc(Cl)c(OCc3ccccc3)c(Cl)c2)SC1=Nc1ccc(F)cc1. The third-order valence-electron chi connectivity index (χ3n) is 4.80. The molecule has 0 bridgehead atoms. The summed E-state index contributed by atoms with van der Waals surface area (Å²) in [4.78, 5) is 19.5. The van der Waals surface area contributed by atoms with Crippen molar-refractivity contribution >= 4 is 57.8 Å². The number of nitrogens with zero attached hydrogens (tertiary/aromatic N) is 2. The van der Waals surface area contributed by atoms with Crippen LogP contribution in [0.15, 0.2) is 76.6 Å². The number of likely N-dealkylation sites (N-methyl/N-ethyl adjacent to an activating group) is 1. The molecule has 8 heteroatoms. The van der Waals surface area contributed by atoms with Crippen molar-refractivity contribution in [2.75, 3.05) is 6.54 Å². The van der Waals surface area contributed by atoms with Crippen LogP contribution >= 0.6 is 35.0 Å². The van der Waals surface area contributed by atoms with Crippen molar-refractivity contribution in [2.45, 2.75) is 13.5 Å². The minimum atomic E-state index is -0.341. The van der Waals surface area contributed by atoms with Crippen molar-refractivity contribution in [2.24, 2.45) is 4.99 Å². The summed E-state index contributed by atoms with van der Waals surface area (Å²) in [7, 11) is 0. The number of carbonyl (C=O) groups excluding carboxylic acids is 1. The minimum absolute atomic E-state index is 0.167. The maximum Gasteiger partial charge on any atom is 0.266 e. The summed E-state index contributed by atoms with van der Waals surface area (Å²) >= 11 is 14.1. The summed E-state index contributed by atoms with van der Waals surface area (Å²) in [5.41, 5.74) is 2.24. The molecule has 4 rings (SSSR count). The van der Waals surface area contributed by atoms with E-state index in [9.17, 15) is 9.18 Å². The van der Waals surface area contributed by atoms with E-state index in [0.717, 1.165) is 5.56 Å². The van der Waals surface area contributed by atoms with Gasteiger partial charge in [0.2, 0.25) is 0 Å². The quantitative estimate of drug-likeness (QED) is 0.332. The van der Waals surface area contributed by atoms with Gasteiger partial charge in [-0.25, -0.2) is 9.38 Å². The first kappa shape index (κ1) is 23.4. The molecule has 1 amide bonds. The number of rotatable bonds is 6. The van der Waals surface area contributed by atoms with E-state index >= 15 is 0 Å². The summed E-state index contributed by atoms with van der Waals surface area (Å²) in [6.45, 7) is 2.66. The van der Waals surface area contributed by atoms with Gasteiger partial charge < -0.3 is 4.74 Å². The van der Waals surface area contributed by atoms with Crippen molar-refractivity contribution in [3.8, 4) is 5.75 Å². The fourth-order valence-corrected chi connectivity index (χ4v) is 4.85. The molecule has 0 radical (unpaired) electrons. The first-order valence-electron chi connectivity index (χ1n) is 10.2. The average molecular weight is 501 g/mol. The van der Waals surface area contributed by atoms with Crippen LogP contribution in [-0.4, -0.2) is 22.5 Å². The van der Waals surface area contributed by atoms with Crippen molar-refractivity contribution in [1.82, 2.24) is 4.90 Å². The monoisotopic (exact) mass is 500 g/mol. The maximum absolute atomic E-state index is 13.2. The van der Waals surface area contributed by atoms with Crippen molar-refractivity contribution in [1.29, 1.82) is 0 Å². The Balaban J connectivity index is 1.56. The van der Waals surface area contributed by atoms with Crippen LogP contribution in [0.25, 0.3) is 6.08 Å². The van der Waals surface area contributed by atoms with Crippen LogP contribution in [0.5, 0.6) is 5.75 Å². The predicted molar refractivity (Wildman–Crippen MR) is 134 cm³/mol. The minimum Gasteiger partial charge on any atom is -0.486 e. The molecule has 4 nitrogen and oxygen atoms in total. The molecule has 3 aromatic carbocycles. The summed E-state index contributed by atoms with van der Waals surface area (Å²) in [6.07, 6.45) is 1.72. The molecule has 0 unspecified atom stereocenters. The van der Waals surface area contributed by atoms with E-state index in [-0.39, 0.29) is 11.7 Å². The van der Waals surface area contributed by atoms with Gasteiger partial charge in [0.15, 0.2) is 10.9 Å². The van der Waals surface area contributed by atoms with E-state index in [1.165, 1.54) is 23.9 Å². The lowest BCUT2D eigenvalue weighted by molar-refractivity contribution is -0.122. The molecule has 1 heterocycles. The zero-order chi connectivity index (χ0) is 23.4. The molecule has 0 saturated carbocycles. The third kappa shape index (κ3) is 5.58. The molecule has 0 N–H and O–H groups in total. The topological polar surface area (TPSA) is 41.9 Å². The second-order valence-electron chi connectivity index (χ2n) is 7.12. The first-order chi connectivity index (χ1) is 15.9. The largest absolute Gasteiger partial charge is 0.486 e. The lowest BCUT2D eigenvalue weighted by atomic mass is 10.2. The fourth-order valence-electron chi connectivity index (χ4n) is 3.18. The van der Waals surface area contributed by atoms with Gasteiger partial charge in [0.05, 0.1) is 20.6 Å². The Kier molecular flexibility index (Phi) is 7.38. The Labute approximate surface area is 205 Å². The molecular formula is C25H19Cl2FN2O2S. The summed E-state index contributed by atoms with van der Waals surface area (Å²) in [5.74, 6) is -0.115. The zero-order valence-corrected chi connectivity index (χ0v) is 19.9. The van der Waals surface area contributed by atoms with Gasteiger partial charge in [-0.15, -0.1) is 0 Å². The van der Waals surface area contributed by atoms with Crippen molar-refractivity contribution in [3.63, 3.8) is 0 Å². The van der Waals surface area contributed by atoms with Gasteiger partial charge >= 0.3 is 0 Å². The molecule has 0 aliphatic carbocycles. The van der Waals surface area contributed by atoms with E-state index in [1.54, 1.807) is 35.2 Å². The van der Waals surface area contributed by atoms with Crippen LogP contribution in [0, 0.1) is 5.82 Å². The number of hydrogen-bond acceptors (Lipinski definition) is 4. The average Bonchev–Trinajstić information content (AvgIpc) is 3.09. The summed E-state index contributed by atoms with van der Waals surface area (Å²) in [6, 6.07) is 18.9. The normalized spacial score (nSPS) is 16.1. The number of amides is 1. The number of thioether (sulfide) groups is 1. The maximum atomic E-state index is 13.2. The molecule has 1 saturated heterocycles. The highest BCUT2D eigenvalue weighted by atomic mass is 35.5. The Morgan fingerprint density at radius 3 is 2.36 bits per heavy atom. The lowest BCUT2D eigenvalue weighted by Crippen LogP contribution is -2.28. The molecule has 0 spiro atoms. The number of benzene rings is 3. The van der Waals surface area contributed by atoms with Gasteiger partial charge in [-0.2, -0.15) is 0 Å². The Hall–Kier alpha value is -2.80. The zero-order valence-electron chi connectivity index (χ0n) is 17.6. The Morgan fingerprint density at radius 1 is 1.06 bits per heavy atom. The van der Waals surface area contributed by atoms with Gasteiger partial charge in [0.1, 0.15) is 12.4 Å². The van der Waals surface area contributed by atoms with Crippen LogP contribution < -0.4 is 4.74 Å². The number of hydrogen-bond donors (Lipinski definition) is 0. The number of ether oxygens (including phenoxy) is 1. The van der Waals surface area contributed by atoms with Crippen molar-refractivity contribution in [3.05, 3.63) is 98.6 Å². The van der Waals surface area contributed by atoms with Crippen LogP contribution in [0.3, 0.4) is 0 Å². The smallest absolute Gasteiger partial charge is 0.266 e. The predicted octanol–water partition coefficient (Wildman–Crippen LogP) is 7.34. The number of carbonyl (C=O) groups is 1. The molecule has 3 aromatic rings. The number of aliphatic imine (C=N–C) groups is 1. The molecule has 0 atom stereocenters. The van der Waals surface area contributed by atoms with Gasteiger partial charge in [-0.1, -0.05) is 53.5 Å². The molecule has 1 aliphatic rings. The standard InChI is InChI=1S/C25H19Cl2FN2O2S/c1-2-30-24(31)22(33-25(30)29-19-10-8-18(28)9-11-19)14-17-12-20(26)23(21(27)13-17)32-15-16-6-4-3-5-7-16/h3-14H,2,15H2,1H3/b22-14+,29-25?. The number of amidine groups is 1. The second-order valence-corrected chi connectivity index (χ2v) is 8.94. The Morgan fingerprint density at radius 2 is 1.73 bits per heavy atom. The number of halogens is 3. The van der Waals surface area contributed by atoms with Gasteiger partial charge in [0, 0.05) is 6.54 Å². The molecule has 168 valence electrons. The molecular weight excluding hydrogens is 482 g/mol. The van der Waals surface area contributed by atoms with Gasteiger partial charge in [-0.05, 0) is 72.3 Å². The highest BCUT2D eigenvalue weighted by Crippen LogP contribution is 2.38. The van der Waals surface area contributed by atoms with Crippen LogP contribution in [-0.2, 0) is 11.4 Å². The Bertz CT molecular complexity index is 1210. The van der Waals surface area contributed by atoms with E-state index in [4.69, 9.17) is 27.9 Å². The van der Waals surface area contributed by atoms with Gasteiger partial charge in [-0.3, -0.25) is 9.69 Å². The molecule has 1 aliphatic heterocycles. The van der Waals surface area contributed by atoms with Crippen LogP contribution in [0.4, 0.5) is 10.1 Å². The third-order valence-corrected chi connectivity index (χ3v) is 6.37. The highest BCUT2D eigenvalue weighted by Gasteiger charge is 2.32. The van der Waals surface area contributed by atoms with Crippen LogP contribution in [0.1, 0.15) is 18.1 Å². The van der Waals surface area contributed by atoms with Crippen LogP contribution in [0.2, 0.25) is 10.0 Å². The van der Waals surface area contributed by atoms with E-state index in [1.807, 2.05) is 37.3 Å². The summed E-state index contributed by atoms with van der Waals surface area (Å²) in [5, 5.41) is 1.24.